The van der Waals surface area contributed by atoms with E-state index in [9.17, 15) is 23.5 Å². The van der Waals surface area contributed by atoms with Crippen molar-refractivity contribution in [2.75, 3.05) is 6.61 Å². The van der Waals surface area contributed by atoms with Crippen molar-refractivity contribution in [3.63, 3.8) is 0 Å². The third-order valence-electron chi connectivity index (χ3n) is 3.04. The maximum atomic E-state index is 13.3. The quantitative estimate of drug-likeness (QED) is 0.893. The molecule has 2 N–H and O–H groups in total. The Labute approximate surface area is 117 Å². The van der Waals surface area contributed by atoms with Crippen LogP contribution in [0.1, 0.15) is 22.0 Å². The Morgan fingerprint density at radius 1 is 1.24 bits per heavy atom. The summed E-state index contributed by atoms with van der Waals surface area (Å²) in [6.45, 7) is -0.575. The Balaban J connectivity index is 2.56. The number of hydrogen-bond donors (Lipinski definition) is 2. The molecule has 0 aliphatic rings. The third kappa shape index (κ3) is 2.82. The molecule has 1 aromatic carbocycles. The fraction of sp³-hybridized carbons (Fsp3) is 0.143. The number of aromatic carboxylic acids is 1. The molecule has 0 unspecified atom stereocenters. The fourth-order valence-electron chi connectivity index (χ4n) is 1.99. The van der Waals surface area contributed by atoms with E-state index in [4.69, 9.17) is 5.11 Å². The van der Waals surface area contributed by atoms with Gasteiger partial charge in [0.1, 0.15) is 5.56 Å². The van der Waals surface area contributed by atoms with E-state index in [1.165, 1.54) is 18.3 Å². The first-order chi connectivity index (χ1) is 9.95. The van der Waals surface area contributed by atoms with Gasteiger partial charge in [-0.1, -0.05) is 6.07 Å². The van der Waals surface area contributed by atoms with Gasteiger partial charge in [-0.3, -0.25) is 4.79 Å². The van der Waals surface area contributed by atoms with E-state index in [-0.39, 0.29) is 5.56 Å². The number of aliphatic hydroxyl groups excluding tert-OH is 1. The average Bonchev–Trinajstić information content (AvgIpc) is 2.45. The normalized spacial score (nSPS) is 12.1. The second-order valence-corrected chi connectivity index (χ2v) is 4.31. The number of aliphatic hydroxyl groups is 1. The van der Waals surface area contributed by atoms with Crippen molar-refractivity contribution < 1.29 is 23.8 Å². The van der Waals surface area contributed by atoms with E-state index in [0.717, 1.165) is 22.8 Å². The molecule has 0 amide bonds. The van der Waals surface area contributed by atoms with Gasteiger partial charge in [-0.25, -0.2) is 13.6 Å². The first-order valence-corrected chi connectivity index (χ1v) is 5.96. The second kappa shape index (κ2) is 5.84. The maximum Gasteiger partial charge on any atom is 0.341 e. The van der Waals surface area contributed by atoms with Crippen molar-refractivity contribution in [2.24, 2.45) is 0 Å². The highest BCUT2D eigenvalue weighted by atomic mass is 19.2. The fourth-order valence-corrected chi connectivity index (χ4v) is 1.99. The van der Waals surface area contributed by atoms with Crippen LogP contribution in [0, 0.1) is 11.6 Å². The van der Waals surface area contributed by atoms with Gasteiger partial charge in [-0.2, -0.15) is 0 Å². The molecule has 7 heteroatoms. The molecule has 1 atom stereocenters. The molecular weight excluding hydrogens is 284 g/mol. The van der Waals surface area contributed by atoms with E-state index in [1.54, 1.807) is 0 Å². The minimum Gasteiger partial charge on any atom is -0.477 e. The molecule has 5 nitrogen and oxygen atoms in total. The van der Waals surface area contributed by atoms with E-state index < -0.39 is 41.4 Å². The Kier molecular flexibility index (Phi) is 4.13. The van der Waals surface area contributed by atoms with Crippen LogP contribution in [0.3, 0.4) is 0 Å². The molecule has 0 fully saturated rings. The van der Waals surface area contributed by atoms with Crippen LogP contribution in [-0.4, -0.2) is 27.4 Å². The summed E-state index contributed by atoms with van der Waals surface area (Å²) in [5.74, 6) is -3.58. The number of halogens is 2. The van der Waals surface area contributed by atoms with Crippen molar-refractivity contribution >= 4 is 5.97 Å². The molecule has 2 rings (SSSR count). The van der Waals surface area contributed by atoms with E-state index in [1.807, 2.05) is 0 Å². The molecule has 0 saturated heterocycles. The lowest BCUT2D eigenvalue weighted by atomic mass is 10.1. The molecule has 0 bridgehead atoms. The van der Waals surface area contributed by atoms with Crippen LogP contribution in [0.25, 0.3) is 0 Å². The van der Waals surface area contributed by atoms with Gasteiger partial charge >= 0.3 is 5.97 Å². The molecule has 110 valence electrons. The largest absolute Gasteiger partial charge is 0.477 e. The van der Waals surface area contributed by atoms with Crippen LogP contribution in [0.4, 0.5) is 8.78 Å². The highest BCUT2D eigenvalue weighted by Crippen LogP contribution is 2.19. The molecule has 1 aromatic heterocycles. The Morgan fingerprint density at radius 2 is 1.95 bits per heavy atom. The Morgan fingerprint density at radius 3 is 2.52 bits per heavy atom. The van der Waals surface area contributed by atoms with Crippen molar-refractivity contribution in [1.82, 2.24) is 4.57 Å². The van der Waals surface area contributed by atoms with Crippen molar-refractivity contribution in [1.29, 1.82) is 0 Å². The van der Waals surface area contributed by atoms with Gasteiger partial charge in [0.15, 0.2) is 11.6 Å². The van der Waals surface area contributed by atoms with Gasteiger partial charge in [-0.15, -0.1) is 0 Å². The third-order valence-corrected chi connectivity index (χ3v) is 3.04. The zero-order valence-electron chi connectivity index (χ0n) is 10.7. The second-order valence-electron chi connectivity index (χ2n) is 4.31. The van der Waals surface area contributed by atoms with Crippen LogP contribution in [0.15, 0.2) is 41.3 Å². The first-order valence-electron chi connectivity index (χ1n) is 5.96. The van der Waals surface area contributed by atoms with E-state index in [2.05, 4.69) is 0 Å². The number of aromatic nitrogens is 1. The summed E-state index contributed by atoms with van der Waals surface area (Å²) in [6, 6.07) is 4.40. The summed E-state index contributed by atoms with van der Waals surface area (Å²) in [6.07, 6.45) is 1.27. The number of carboxylic acids is 1. The monoisotopic (exact) mass is 295 g/mol. The minimum absolute atomic E-state index is 0.154. The van der Waals surface area contributed by atoms with E-state index in [0.29, 0.717) is 0 Å². The number of carbonyl (C=O) groups is 1. The van der Waals surface area contributed by atoms with Gasteiger partial charge in [0, 0.05) is 6.20 Å². The lowest BCUT2D eigenvalue weighted by molar-refractivity contribution is 0.0693. The Hall–Kier alpha value is -2.54. The zero-order valence-corrected chi connectivity index (χ0v) is 10.7. The average molecular weight is 295 g/mol. The maximum absolute atomic E-state index is 13.3. The molecule has 2 aromatic rings. The molecule has 21 heavy (non-hydrogen) atoms. The van der Waals surface area contributed by atoms with Gasteiger partial charge < -0.3 is 14.8 Å². The van der Waals surface area contributed by atoms with Crippen LogP contribution >= 0.6 is 0 Å². The molecule has 1 heterocycles. The lowest BCUT2D eigenvalue weighted by Gasteiger charge is -2.18. The van der Waals surface area contributed by atoms with Gasteiger partial charge in [0.2, 0.25) is 0 Å². The summed E-state index contributed by atoms with van der Waals surface area (Å²) < 4.78 is 27.2. The molecular formula is C14H11F2NO4. The van der Waals surface area contributed by atoms with Crippen molar-refractivity contribution in [3.05, 3.63) is 69.6 Å². The summed E-state index contributed by atoms with van der Waals surface area (Å²) in [7, 11) is 0. The summed E-state index contributed by atoms with van der Waals surface area (Å²) in [5.41, 5.74) is -1.16. The first kappa shape index (κ1) is 14.9. The van der Waals surface area contributed by atoms with Gasteiger partial charge in [-0.05, 0) is 29.8 Å². The number of nitrogens with zero attached hydrogens (tertiary/aromatic N) is 1. The van der Waals surface area contributed by atoms with Crippen LogP contribution in [0.2, 0.25) is 0 Å². The predicted molar refractivity (Wildman–Crippen MR) is 69.2 cm³/mol. The highest BCUT2D eigenvalue weighted by molar-refractivity contribution is 5.87. The van der Waals surface area contributed by atoms with Crippen LogP contribution < -0.4 is 5.56 Å². The van der Waals surface area contributed by atoms with E-state index >= 15 is 0 Å². The number of pyridine rings is 1. The molecule has 0 aliphatic heterocycles. The predicted octanol–water partition coefficient (Wildman–Crippen LogP) is 1.41. The van der Waals surface area contributed by atoms with Crippen molar-refractivity contribution in [3.8, 4) is 0 Å². The van der Waals surface area contributed by atoms with Gasteiger partial charge in [0.05, 0.1) is 12.6 Å². The molecule has 0 radical (unpaired) electrons. The summed E-state index contributed by atoms with van der Waals surface area (Å²) in [5, 5.41) is 18.3. The number of hydrogen-bond acceptors (Lipinski definition) is 3. The highest BCUT2D eigenvalue weighted by Gasteiger charge is 2.19. The smallest absolute Gasteiger partial charge is 0.341 e. The number of carboxylic acid groups (broad SMARTS) is 1. The number of rotatable bonds is 4. The lowest BCUT2D eigenvalue weighted by Crippen LogP contribution is -2.31. The van der Waals surface area contributed by atoms with Crippen molar-refractivity contribution in [2.45, 2.75) is 6.04 Å². The summed E-state index contributed by atoms with van der Waals surface area (Å²) >= 11 is 0. The standard InChI is InChI=1S/C14H11F2NO4/c15-10-4-3-8(6-11(10)16)12(7-18)17-5-1-2-9(13(17)19)14(20)21/h1-6,12,18H,7H2,(H,20,21)/t12-/m0/s1. The number of benzene rings is 1. The minimum atomic E-state index is -1.41. The SMILES string of the molecule is O=C(O)c1cccn([C@@H](CO)c2ccc(F)c(F)c2)c1=O. The topological polar surface area (TPSA) is 79.5 Å². The zero-order chi connectivity index (χ0) is 15.6. The van der Waals surface area contributed by atoms with Crippen LogP contribution in [0.5, 0.6) is 0 Å². The molecule has 0 saturated carbocycles. The molecule has 0 aliphatic carbocycles. The summed E-state index contributed by atoms with van der Waals surface area (Å²) in [4.78, 5) is 23.0. The van der Waals surface area contributed by atoms with Crippen LogP contribution in [-0.2, 0) is 0 Å². The Bertz CT molecular complexity index is 742. The molecule has 0 spiro atoms. The van der Waals surface area contributed by atoms with Gasteiger partial charge in [0.25, 0.3) is 5.56 Å².